The number of aromatic amines is 1. The second kappa shape index (κ2) is 4.82. The number of nitrogens with one attached hydrogen (secondary N) is 1. The van der Waals surface area contributed by atoms with Crippen molar-refractivity contribution >= 4 is 26.7 Å². The first-order valence-electron chi connectivity index (χ1n) is 6.24. The number of rotatable bonds is 3. The van der Waals surface area contributed by atoms with Gasteiger partial charge >= 0.3 is 0 Å². The van der Waals surface area contributed by atoms with Crippen LogP contribution in [0.25, 0.3) is 11.0 Å². The monoisotopic (exact) mass is 300 g/mol. The second-order valence-electron chi connectivity index (χ2n) is 4.73. The van der Waals surface area contributed by atoms with Crippen molar-refractivity contribution in [1.82, 2.24) is 9.97 Å². The molecule has 0 fully saturated rings. The molecule has 3 aromatic rings. The molecular formula is C15H12N2O3S. The maximum absolute atomic E-state index is 12.6. The van der Waals surface area contributed by atoms with E-state index in [1.807, 2.05) is 0 Å². The summed E-state index contributed by atoms with van der Waals surface area (Å²) in [5.74, 6) is -0.236. The summed E-state index contributed by atoms with van der Waals surface area (Å²) < 4.78 is 23.2. The van der Waals surface area contributed by atoms with Crippen LogP contribution in [0, 0.1) is 0 Å². The van der Waals surface area contributed by atoms with E-state index in [0.29, 0.717) is 22.2 Å². The van der Waals surface area contributed by atoms with E-state index < -0.39 is 9.84 Å². The van der Waals surface area contributed by atoms with E-state index in [-0.39, 0.29) is 10.7 Å². The molecule has 0 saturated heterocycles. The number of hydrogen-bond donors (Lipinski definition) is 1. The molecule has 0 aliphatic rings. The summed E-state index contributed by atoms with van der Waals surface area (Å²) in [6, 6.07) is 9.59. The van der Waals surface area contributed by atoms with Crippen molar-refractivity contribution in [3.05, 3.63) is 59.9 Å². The Hall–Kier alpha value is -2.47. The van der Waals surface area contributed by atoms with E-state index in [1.165, 1.54) is 12.1 Å². The van der Waals surface area contributed by atoms with Crippen molar-refractivity contribution in [3.8, 4) is 0 Å². The van der Waals surface area contributed by atoms with E-state index >= 15 is 0 Å². The molecule has 0 atom stereocenters. The van der Waals surface area contributed by atoms with Crippen LogP contribution in [0.15, 0.2) is 53.7 Å². The van der Waals surface area contributed by atoms with Gasteiger partial charge < -0.3 is 4.98 Å². The number of benzene rings is 1. The lowest BCUT2D eigenvalue weighted by molar-refractivity contribution is 0.104. The van der Waals surface area contributed by atoms with Crippen molar-refractivity contribution < 1.29 is 13.2 Å². The van der Waals surface area contributed by atoms with Crippen LogP contribution in [0.4, 0.5) is 0 Å². The second-order valence-corrected chi connectivity index (χ2v) is 6.75. The van der Waals surface area contributed by atoms with Crippen molar-refractivity contribution in [1.29, 1.82) is 0 Å². The normalized spacial score (nSPS) is 11.7. The van der Waals surface area contributed by atoms with Crippen LogP contribution < -0.4 is 0 Å². The number of H-pyrrole nitrogens is 1. The molecule has 106 valence electrons. The van der Waals surface area contributed by atoms with Crippen LogP contribution in [0.5, 0.6) is 0 Å². The van der Waals surface area contributed by atoms with Gasteiger partial charge in [-0.2, -0.15) is 0 Å². The molecule has 1 aromatic carbocycles. The number of sulfone groups is 1. The molecule has 0 amide bonds. The van der Waals surface area contributed by atoms with E-state index in [4.69, 9.17) is 0 Å². The molecular weight excluding hydrogens is 288 g/mol. The number of carbonyl (C=O) groups is 1. The van der Waals surface area contributed by atoms with E-state index in [1.54, 1.807) is 36.7 Å². The summed E-state index contributed by atoms with van der Waals surface area (Å²) in [5.41, 5.74) is 1.44. The highest BCUT2D eigenvalue weighted by Gasteiger charge is 2.16. The first kappa shape index (κ1) is 13.5. The van der Waals surface area contributed by atoms with E-state index in [2.05, 4.69) is 9.97 Å². The highest BCUT2D eigenvalue weighted by molar-refractivity contribution is 7.90. The van der Waals surface area contributed by atoms with Crippen LogP contribution in [0.1, 0.15) is 15.9 Å². The number of carbonyl (C=O) groups excluding carboxylic acids is 1. The molecule has 0 radical (unpaired) electrons. The molecule has 0 spiro atoms. The standard InChI is InChI=1S/C15H12N2O3S/c1-21(19,20)11-5-2-4-10(8-11)14(18)13-9-17-15-12(13)6-3-7-16-15/h2-9H,1H3,(H,16,17). The van der Waals surface area contributed by atoms with Gasteiger partial charge in [-0.15, -0.1) is 0 Å². The number of hydrogen-bond acceptors (Lipinski definition) is 4. The van der Waals surface area contributed by atoms with Crippen LogP contribution in [-0.2, 0) is 9.84 Å². The summed E-state index contributed by atoms with van der Waals surface area (Å²) in [7, 11) is -3.34. The molecule has 5 nitrogen and oxygen atoms in total. The maximum atomic E-state index is 12.6. The van der Waals surface area contributed by atoms with Crippen LogP contribution >= 0.6 is 0 Å². The predicted octanol–water partition coefficient (Wildman–Crippen LogP) is 2.20. The van der Waals surface area contributed by atoms with Crippen LogP contribution in [-0.4, -0.2) is 30.4 Å². The largest absolute Gasteiger partial charge is 0.345 e. The Balaban J connectivity index is 2.11. The number of nitrogens with zero attached hydrogens (tertiary/aromatic N) is 1. The van der Waals surface area contributed by atoms with Crippen molar-refractivity contribution in [2.75, 3.05) is 6.26 Å². The molecule has 1 N–H and O–H groups in total. The van der Waals surface area contributed by atoms with Gasteiger partial charge in [0.05, 0.1) is 4.90 Å². The lowest BCUT2D eigenvalue weighted by Crippen LogP contribution is -2.03. The summed E-state index contributed by atoms with van der Waals surface area (Å²) in [5, 5.41) is 0.715. The Labute approximate surface area is 121 Å². The highest BCUT2D eigenvalue weighted by Crippen LogP contribution is 2.21. The fourth-order valence-corrected chi connectivity index (χ4v) is 2.83. The van der Waals surface area contributed by atoms with Crippen molar-refractivity contribution in [2.24, 2.45) is 0 Å². The van der Waals surface area contributed by atoms with Crippen LogP contribution in [0.2, 0.25) is 0 Å². The Morgan fingerprint density at radius 3 is 2.76 bits per heavy atom. The minimum Gasteiger partial charge on any atom is -0.345 e. The zero-order chi connectivity index (χ0) is 15.0. The first-order valence-corrected chi connectivity index (χ1v) is 8.13. The zero-order valence-corrected chi connectivity index (χ0v) is 12.0. The van der Waals surface area contributed by atoms with Crippen molar-refractivity contribution in [2.45, 2.75) is 4.90 Å². The fourth-order valence-electron chi connectivity index (χ4n) is 2.17. The highest BCUT2D eigenvalue weighted by atomic mass is 32.2. The predicted molar refractivity (Wildman–Crippen MR) is 79.1 cm³/mol. The fraction of sp³-hybridized carbons (Fsp3) is 0.0667. The molecule has 0 aliphatic heterocycles. The van der Waals surface area contributed by atoms with Gasteiger partial charge in [-0.1, -0.05) is 12.1 Å². The average Bonchev–Trinajstić information content (AvgIpc) is 2.90. The molecule has 0 aliphatic carbocycles. The van der Waals surface area contributed by atoms with Gasteiger partial charge in [0.15, 0.2) is 15.6 Å². The van der Waals surface area contributed by atoms with Gasteiger partial charge in [0.2, 0.25) is 0 Å². The van der Waals surface area contributed by atoms with Crippen molar-refractivity contribution in [3.63, 3.8) is 0 Å². The van der Waals surface area contributed by atoms with Gasteiger partial charge in [-0.05, 0) is 24.3 Å². The third-order valence-electron chi connectivity index (χ3n) is 3.22. The zero-order valence-electron chi connectivity index (χ0n) is 11.2. The number of ketones is 1. The lowest BCUT2D eigenvalue weighted by Gasteiger charge is -2.03. The molecule has 3 rings (SSSR count). The Morgan fingerprint density at radius 2 is 2.00 bits per heavy atom. The summed E-state index contributed by atoms with van der Waals surface area (Å²) in [6.07, 6.45) is 4.34. The Kier molecular flexibility index (Phi) is 3.10. The molecule has 0 saturated carbocycles. The SMILES string of the molecule is CS(=O)(=O)c1cccc(C(=O)c2c[nH]c3ncccc23)c1. The molecule has 21 heavy (non-hydrogen) atoms. The van der Waals surface area contributed by atoms with Gasteiger partial charge in [0, 0.05) is 35.2 Å². The molecule has 2 aromatic heterocycles. The smallest absolute Gasteiger partial charge is 0.195 e. The number of aromatic nitrogens is 2. The quantitative estimate of drug-likeness (QED) is 0.752. The topological polar surface area (TPSA) is 79.9 Å². The minimum absolute atomic E-state index is 0.131. The molecule has 0 unspecified atom stereocenters. The third-order valence-corrected chi connectivity index (χ3v) is 4.33. The molecule has 0 bridgehead atoms. The Morgan fingerprint density at radius 1 is 1.19 bits per heavy atom. The Bertz CT molecular complexity index is 942. The number of fused-ring (bicyclic) bond motifs is 1. The summed E-state index contributed by atoms with van der Waals surface area (Å²) in [6.45, 7) is 0. The van der Waals surface area contributed by atoms with E-state index in [9.17, 15) is 13.2 Å². The number of pyridine rings is 1. The average molecular weight is 300 g/mol. The van der Waals surface area contributed by atoms with Gasteiger partial charge in [0.1, 0.15) is 5.65 Å². The summed E-state index contributed by atoms with van der Waals surface area (Å²) in [4.78, 5) is 19.8. The van der Waals surface area contributed by atoms with Gasteiger partial charge in [-0.25, -0.2) is 13.4 Å². The van der Waals surface area contributed by atoms with Crippen LogP contribution in [0.3, 0.4) is 0 Å². The van der Waals surface area contributed by atoms with E-state index in [0.717, 1.165) is 6.26 Å². The molecule has 2 heterocycles. The third kappa shape index (κ3) is 2.45. The van der Waals surface area contributed by atoms with Gasteiger partial charge in [-0.3, -0.25) is 4.79 Å². The maximum Gasteiger partial charge on any atom is 0.195 e. The molecule has 6 heteroatoms. The lowest BCUT2D eigenvalue weighted by atomic mass is 10.0. The minimum atomic E-state index is -3.34. The first-order chi connectivity index (χ1) is 9.97. The van der Waals surface area contributed by atoms with Gasteiger partial charge in [0.25, 0.3) is 0 Å². The summed E-state index contributed by atoms with van der Waals surface area (Å²) >= 11 is 0.